The van der Waals surface area contributed by atoms with E-state index >= 15 is 0 Å². The van der Waals surface area contributed by atoms with Gasteiger partial charge in [0, 0.05) is 6.92 Å². The molecule has 9 heavy (non-hydrogen) atoms. The molecule has 0 fully saturated rings. The van der Waals surface area contributed by atoms with Crippen molar-refractivity contribution in [3.8, 4) is 6.07 Å². The topological polar surface area (TPSA) is 80.5 Å². The molecule has 0 spiro atoms. The average Bonchev–Trinajstić information content (AvgIpc) is 2.20. The highest BCUT2D eigenvalue weighted by atomic mass is 15.4. The summed E-state index contributed by atoms with van der Waals surface area (Å²) in [4.78, 5) is 0. The van der Waals surface area contributed by atoms with E-state index in [9.17, 15) is 0 Å². The zero-order chi connectivity index (χ0) is 7.11. The van der Waals surface area contributed by atoms with E-state index in [2.05, 4.69) is 10.2 Å². The van der Waals surface area contributed by atoms with Gasteiger partial charge in [-0.05, 0) is 0 Å². The second kappa shape index (κ2) is 4.59. The highest BCUT2D eigenvalue weighted by Gasteiger charge is 1.71. The van der Waals surface area contributed by atoms with E-state index in [1.165, 1.54) is 24.3 Å². The molecule has 1 rings (SSSR count). The van der Waals surface area contributed by atoms with Crippen LogP contribution in [0.4, 0.5) is 0 Å². The number of nitriles is 1. The number of nitrogens with two attached hydrogens (primary N) is 1. The van der Waals surface area contributed by atoms with Crippen molar-refractivity contribution in [2.75, 3.05) is 5.84 Å². The maximum absolute atomic E-state index is 7.32. The number of nitrogen functional groups attached to an aromatic ring is 1. The second-order valence-corrected chi connectivity index (χ2v) is 1.13. The molecule has 0 unspecified atom stereocenters. The monoisotopic (exact) mass is 125 g/mol. The van der Waals surface area contributed by atoms with Crippen molar-refractivity contribution >= 4 is 0 Å². The summed E-state index contributed by atoms with van der Waals surface area (Å²) >= 11 is 0. The third-order valence-corrected chi connectivity index (χ3v) is 0.437. The molecule has 1 aromatic rings. The third kappa shape index (κ3) is 4.28. The molecule has 0 radical (unpaired) electrons. The minimum absolute atomic E-state index is 1.28. The predicted octanol–water partition coefficient (Wildman–Crippen LogP) is -0.478. The summed E-state index contributed by atoms with van der Waals surface area (Å²) in [6.07, 6.45) is 2.83. The molecule has 0 amide bonds. The molecule has 1 heterocycles. The number of rotatable bonds is 0. The molecule has 0 saturated carbocycles. The minimum atomic E-state index is 1.28. The first-order chi connectivity index (χ1) is 4.31. The van der Waals surface area contributed by atoms with Crippen LogP contribution in [0.1, 0.15) is 6.92 Å². The lowest BCUT2D eigenvalue weighted by Crippen LogP contribution is -2.02. The van der Waals surface area contributed by atoms with Gasteiger partial charge < -0.3 is 5.84 Å². The lowest BCUT2D eigenvalue weighted by Gasteiger charge is -1.76. The molecule has 1 aromatic heterocycles. The van der Waals surface area contributed by atoms with E-state index in [1.54, 1.807) is 6.07 Å². The molecule has 0 aromatic carbocycles. The van der Waals surface area contributed by atoms with Crippen molar-refractivity contribution in [2.45, 2.75) is 6.92 Å². The van der Waals surface area contributed by atoms with Crippen LogP contribution in [0, 0.1) is 11.3 Å². The number of hydrogen-bond acceptors (Lipinski definition) is 4. The van der Waals surface area contributed by atoms with Gasteiger partial charge in [-0.1, -0.05) is 0 Å². The van der Waals surface area contributed by atoms with Gasteiger partial charge in [-0.15, -0.1) is 10.2 Å². The molecule has 0 atom stereocenters. The number of nitrogens with zero attached hydrogens (tertiary/aromatic N) is 4. The molecule has 48 valence electrons. The van der Waals surface area contributed by atoms with Crippen LogP contribution >= 0.6 is 0 Å². The van der Waals surface area contributed by atoms with Gasteiger partial charge in [0.05, 0.1) is 6.07 Å². The third-order valence-electron chi connectivity index (χ3n) is 0.437. The Morgan fingerprint density at radius 1 is 1.56 bits per heavy atom. The van der Waals surface area contributed by atoms with Gasteiger partial charge >= 0.3 is 0 Å². The highest BCUT2D eigenvalue weighted by Crippen LogP contribution is 1.61. The van der Waals surface area contributed by atoms with Crippen molar-refractivity contribution in [1.82, 2.24) is 14.9 Å². The normalized spacial score (nSPS) is 6.67. The Morgan fingerprint density at radius 2 is 1.89 bits per heavy atom. The Balaban J connectivity index is 0.000000187. The summed E-state index contributed by atoms with van der Waals surface area (Å²) in [5.74, 6) is 5.07. The molecule has 2 N–H and O–H groups in total. The van der Waals surface area contributed by atoms with E-state index < -0.39 is 0 Å². The molecule has 5 nitrogen and oxygen atoms in total. The van der Waals surface area contributed by atoms with Crippen LogP contribution in [-0.2, 0) is 0 Å². The van der Waals surface area contributed by atoms with Gasteiger partial charge in [-0.3, -0.25) is 0 Å². The lowest BCUT2D eigenvalue weighted by molar-refractivity contribution is 0.997. The zero-order valence-electron chi connectivity index (χ0n) is 5.02. The smallest absolute Gasteiger partial charge is 0.138 e. The fraction of sp³-hybridized carbons (Fsp3) is 0.250. The maximum atomic E-state index is 7.32. The van der Waals surface area contributed by atoms with Crippen molar-refractivity contribution in [1.29, 1.82) is 5.26 Å². The zero-order valence-corrected chi connectivity index (χ0v) is 5.02. The van der Waals surface area contributed by atoms with Crippen LogP contribution in [0.25, 0.3) is 0 Å². The first kappa shape index (κ1) is 7.43. The molecule has 0 bridgehead atoms. The van der Waals surface area contributed by atoms with Crippen molar-refractivity contribution in [3.05, 3.63) is 12.7 Å². The Labute approximate surface area is 52.7 Å². The van der Waals surface area contributed by atoms with Crippen LogP contribution in [0.15, 0.2) is 12.7 Å². The van der Waals surface area contributed by atoms with Gasteiger partial charge in [0.15, 0.2) is 0 Å². The van der Waals surface area contributed by atoms with Gasteiger partial charge in [-0.25, -0.2) is 4.68 Å². The Kier molecular flexibility index (Phi) is 3.79. The summed E-state index contributed by atoms with van der Waals surface area (Å²) in [6, 6.07) is 1.75. The molecule has 0 aliphatic carbocycles. The van der Waals surface area contributed by atoms with Gasteiger partial charge in [0.25, 0.3) is 0 Å². The predicted molar refractivity (Wildman–Crippen MR) is 31.5 cm³/mol. The van der Waals surface area contributed by atoms with E-state index in [-0.39, 0.29) is 0 Å². The summed E-state index contributed by atoms with van der Waals surface area (Å²) < 4.78 is 1.28. The standard InChI is InChI=1S/C2H4N4.C2H3N/c3-6-1-4-5-2-6;1-2-3/h1-2H,3H2;1H3. The average molecular weight is 125 g/mol. The van der Waals surface area contributed by atoms with E-state index in [0.717, 1.165) is 0 Å². The second-order valence-electron chi connectivity index (χ2n) is 1.13. The van der Waals surface area contributed by atoms with Gasteiger partial charge in [0.2, 0.25) is 0 Å². The molecular weight excluding hydrogens is 118 g/mol. The van der Waals surface area contributed by atoms with Gasteiger partial charge in [-0.2, -0.15) is 5.26 Å². The van der Waals surface area contributed by atoms with Crippen LogP contribution < -0.4 is 5.84 Å². The highest BCUT2D eigenvalue weighted by molar-refractivity contribution is 4.55. The van der Waals surface area contributed by atoms with Crippen LogP contribution in [0.3, 0.4) is 0 Å². The SMILES string of the molecule is CC#N.Nn1cnnc1. The fourth-order valence-corrected chi connectivity index (χ4v) is 0.209. The van der Waals surface area contributed by atoms with Crippen molar-refractivity contribution < 1.29 is 0 Å². The van der Waals surface area contributed by atoms with Crippen molar-refractivity contribution in [3.63, 3.8) is 0 Å². The quantitative estimate of drug-likeness (QED) is 0.475. The van der Waals surface area contributed by atoms with E-state index in [0.29, 0.717) is 0 Å². The molecular formula is C4H7N5. The molecule has 0 saturated heterocycles. The summed E-state index contributed by atoms with van der Waals surface area (Å²) in [7, 11) is 0. The van der Waals surface area contributed by atoms with E-state index in [4.69, 9.17) is 11.1 Å². The first-order valence-electron chi connectivity index (χ1n) is 2.21. The summed E-state index contributed by atoms with van der Waals surface area (Å²) in [6.45, 7) is 1.43. The number of aromatic nitrogens is 3. The molecule has 5 heteroatoms. The maximum Gasteiger partial charge on any atom is 0.138 e. The molecule has 0 aliphatic rings. The number of hydrogen-bond donors (Lipinski definition) is 1. The van der Waals surface area contributed by atoms with E-state index in [1.807, 2.05) is 0 Å². The van der Waals surface area contributed by atoms with Crippen LogP contribution in [0.2, 0.25) is 0 Å². The van der Waals surface area contributed by atoms with Crippen LogP contribution in [-0.4, -0.2) is 14.9 Å². The summed E-state index contributed by atoms with van der Waals surface area (Å²) in [5.41, 5.74) is 0. The largest absolute Gasteiger partial charge is 0.337 e. The Bertz CT molecular complexity index is 171. The fourth-order valence-electron chi connectivity index (χ4n) is 0.209. The summed E-state index contributed by atoms with van der Waals surface area (Å²) in [5, 5.41) is 14.1. The Hall–Kier alpha value is -1.57. The van der Waals surface area contributed by atoms with Gasteiger partial charge in [0.1, 0.15) is 12.7 Å². The first-order valence-corrected chi connectivity index (χ1v) is 2.21. The lowest BCUT2D eigenvalue weighted by atomic mass is 11.0. The molecule has 0 aliphatic heterocycles. The van der Waals surface area contributed by atoms with Crippen molar-refractivity contribution in [2.24, 2.45) is 0 Å². The Morgan fingerprint density at radius 3 is 2.00 bits per heavy atom. The van der Waals surface area contributed by atoms with Crippen LogP contribution in [0.5, 0.6) is 0 Å². The minimum Gasteiger partial charge on any atom is -0.337 e.